The van der Waals surface area contributed by atoms with Crippen molar-refractivity contribution in [1.29, 1.82) is 0 Å². The third-order valence-corrected chi connectivity index (χ3v) is 6.78. The summed E-state index contributed by atoms with van der Waals surface area (Å²) in [6.45, 7) is 2.30. The van der Waals surface area contributed by atoms with E-state index in [4.69, 9.17) is 0 Å². The van der Waals surface area contributed by atoms with E-state index < -0.39 is 41.1 Å². The zero-order valence-electron chi connectivity index (χ0n) is 16.0. The number of aliphatic hydroxyl groups excluding tert-OH is 1. The molecular formula is C19H26F3N3O3. The number of carbonyl (C=O) groups is 1. The fourth-order valence-electron chi connectivity index (χ4n) is 5.76. The van der Waals surface area contributed by atoms with Crippen molar-refractivity contribution in [2.75, 3.05) is 6.61 Å². The van der Waals surface area contributed by atoms with Crippen molar-refractivity contribution in [3.8, 4) is 0 Å². The Bertz CT molecular complexity index is 773. The van der Waals surface area contributed by atoms with Crippen molar-refractivity contribution in [2.24, 2.45) is 17.8 Å². The highest BCUT2D eigenvalue weighted by molar-refractivity contribution is 5.95. The summed E-state index contributed by atoms with van der Waals surface area (Å²) >= 11 is 0. The average Bonchev–Trinajstić information content (AvgIpc) is 3.03. The molecule has 4 aliphatic rings. The normalized spacial score (nSPS) is 34.7. The molecule has 0 aromatic carbocycles. The van der Waals surface area contributed by atoms with Crippen LogP contribution in [0.4, 0.5) is 13.2 Å². The van der Waals surface area contributed by atoms with Crippen LogP contribution < -0.4 is 5.32 Å². The van der Waals surface area contributed by atoms with Gasteiger partial charge in [-0.15, -0.1) is 0 Å². The molecule has 28 heavy (non-hydrogen) atoms. The van der Waals surface area contributed by atoms with Gasteiger partial charge in [0.2, 0.25) is 0 Å². The number of alkyl halides is 3. The summed E-state index contributed by atoms with van der Waals surface area (Å²) < 4.78 is 41.9. The molecule has 5 rings (SSSR count). The molecule has 4 saturated carbocycles. The van der Waals surface area contributed by atoms with Crippen LogP contribution in [0.3, 0.4) is 0 Å². The van der Waals surface area contributed by atoms with E-state index in [0.29, 0.717) is 23.4 Å². The molecule has 1 aromatic rings. The lowest BCUT2D eigenvalue weighted by atomic mass is 9.52. The molecule has 0 spiro atoms. The number of rotatable bonds is 4. The monoisotopic (exact) mass is 401 g/mol. The highest BCUT2D eigenvalue weighted by atomic mass is 19.4. The highest BCUT2D eigenvalue weighted by Gasteiger charge is 2.55. The maximum Gasteiger partial charge on any atom is 0.433 e. The van der Waals surface area contributed by atoms with Crippen LogP contribution in [0.1, 0.15) is 62.0 Å². The molecule has 1 heterocycles. The Hall–Kier alpha value is -1.61. The Kier molecular flexibility index (Phi) is 4.36. The first-order valence-corrected chi connectivity index (χ1v) is 9.73. The molecule has 4 bridgehead atoms. The molecule has 0 saturated heterocycles. The van der Waals surface area contributed by atoms with E-state index in [9.17, 15) is 28.2 Å². The van der Waals surface area contributed by atoms with Gasteiger partial charge >= 0.3 is 6.18 Å². The molecule has 0 aliphatic heterocycles. The van der Waals surface area contributed by atoms with E-state index >= 15 is 0 Å². The largest absolute Gasteiger partial charge is 0.433 e. The molecule has 4 fully saturated rings. The second kappa shape index (κ2) is 6.19. The SMILES string of the molecule is CC(C)(CO)n1ncc(C(=O)NC2[C@H]3CC4C[C@H]2CC(O)(C4)C3)c1C(F)(F)F. The summed E-state index contributed by atoms with van der Waals surface area (Å²) in [7, 11) is 0. The number of halogens is 3. The molecule has 3 N–H and O–H groups in total. The van der Waals surface area contributed by atoms with Gasteiger partial charge in [-0.25, -0.2) is 0 Å². The summed E-state index contributed by atoms with van der Waals surface area (Å²) in [5.74, 6) is -0.164. The maximum atomic E-state index is 13.7. The Balaban J connectivity index is 1.61. The zero-order chi connectivity index (χ0) is 20.5. The van der Waals surface area contributed by atoms with E-state index in [1.807, 2.05) is 0 Å². The number of nitrogens with zero attached hydrogens (tertiary/aromatic N) is 2. The minimum Gasteiger partial charge on any atom is -0.394 e. The Morgan fingerprint density at radius 3 is 2.39 bits per heavy atom. The number of hydrogen-bond donors (Lipinski definition) is 3. The summed E-state index contributed by atoms with van der Waals surface area (Å²) in [4.78, 5) is 12.8. The predicted octanol–water partition coefficient (Wildman–Crippen LogP) is 2.30. The van der Waals surface area contributed by atoms with Crippen LogP contribution in [0.5, 0.6) is 0 Å². The quantitative estimate of drug-likeness (QED) is 0.723. The van der Waals surface area contributed by atoms with Gasteiger partial charge in [-0.3, -0.25) is 9.48 Å². The van der Waals surface area contributed by atoms with Gasteiger partial charge < -0.3 is 15.5 Å². The van der Waals surface area contributed by atoms with Crippen molar-refractivity contribution in [2.45, 2.75) is 69.3 Å². The van der Waals surface area contributed by atoms with Crippen molar-refractivity contribution in [3.63, 3.8) is 0 Å². The lowest BCUT2D eigenvalue weighted by molar-refractivity contribution is -0.147. The summed E-state index contributed by atoms with van der Waals surface area (Å²) in [5, 5.41) is 26.7. The Labute approximate surface area is 161 Å². The molecular weight excluding hydrogens is 375 g/mol. The van der Waals surface area contributed by atoms with Crippen molar-refractivity contribution < 1.29 is 28.2 Å². The van der Waals surface area contributed by atoms with E-state index in [1.165, 1.54) is 13.8 Å². The molecule has 2 atom stereocenters. The van der Waals surface area contributed by atoms with Gasteiger partial charge in [0.25, 0.3) is 5.91 Å². The highest BCUT2D eigenvalue weighted by Crippen LogP contribution is 2.55. The van der Waals surface area contributed by atoms with Gasteiger partial charge in [0.05, 0.1) is 29.5 Å². The van der Waals surface area contributed by atoms with Crippen LogP contribution in [-0.4, -0.2) is 44.2 Å². The Morgan fingerprint density at radius 2 is 1.89 bits per heavy atom. The van der Waals surface area contributed by atoms with Crippen LogP contribution in [0.25, 0.3) is 0 Å². The smallest absolute Gasteiger partial charge is 0.394 e. The number of hydrogen-bond acceptors (Lipinski definition) is 4. The Morgan fingerprint density at radius 1 is 1.29 bits per heavy atom. The first kappa shape index (κ1) is 19.7. The molecule has 1 aromatic heterocycles. The second-order valence-corrected chi connectivity index (χ2v) is 9.48. The predicted molar refractivity (Wildman–Crippen MR) is 93.4 cm³/mol. The molecule has 0 radical (unpaired) electrons. The van der Waals surface area contributed by atoms with Crippen molar-refractivity contribution >= 4 is 5.91 Å². The number of aliphatic hydroxyl groups is 2. The molecule has 9 heteroatoms. The second-order valence-electron chi connectivity index (χ2n) is 9.48. The van der Waals surface area contributed by atoms with Gasteiger partial charge in [-0.05, 0) is 63.7 Å². The minimum absolute atomic E-state index is 0.0958. The van der Waals surface area contributed by atoms with E-state index in [0.717, 1.165) is 25.5 Å². The van der Waals surface area contributed by atoms with Gasteiger partial charge in [0, 0.05) is 6.04 Å². The number of aromatic nitrogens is 2. The lowest BCUT2D eigenvalue weighted by Gasteiger charge is -2.58. The number of nitrogens with one attached hydrogen (secondary N) is 1. The van der Waals surface area contributed by atoms with E-state index in [2.05, 4.69) is 10.4 Å². The topological polar surface area (TPSA) is 87.4 Å². The maximum absolute atomic E-state index is 13.7. The van der Waals surface area contributed by atoms with Crippen LogP contribution in [-0.2, 0) is 11.7 Å². The van der Waals surface area contributed by atoms with Crippen molar-refractivity contribution in [1.82, 2.24) is 15.1 Å². The van der Waals surface area contributed by atoms with Gasteiger partial charge in [-0.2, -0.15) is 18.3 Å². The minimum atomic E-state index is -4.78. The summed E-state index contributed by atoms with van der Waals surface area (Å²) in [5.41, 5.74) is -3.65. The molecule has 0 unspecified atom stereocenters. The van der Waals surface area contributed by atoms with E-state index in [1.54, 1.807) is 0 Å². The molecule has 4 aliphatic carbocycles. The van der Waals surface area contributed by atoms with Gasteiger partial charge in [0.15, 0.2) is 5.69 Å². The standard InChI is InChI=1S/C19H26F3N3O3/c1-17(2,9-26)25-15(19(20,21)22)13(8-23-25)16(27)24-14-11-3-10-4-12(14)7-18(28,5-10)6-11/h8,10-12,14,26,28H,3-7,9H2,1-2H3,(H,24,27)/t10?,11-,12-,14?,18?/m0/s1. The van der Waals surface area contributed by atoms with Crippen LogP contribution in [0.15, 0.2) is 6.20 Å². The van der Waals surface area contributed by atoms with Crippen LogP contribution >= 0.6 is 0 Å². The lowest BCUT2D eigenvalue weighted by Crippen LogP contribution is -2.61. The first-order valence-electron chi connectivity index (χ1n) is 9.73. The number of carbonyl (C=O) groups excluding carboxylic acids is 1. The van der Waals surface area contributed by atoms with Crippen LogP contribution in [0, 0.1) is 17.8 Å². The molecule has 1 amide bonds. The fraction of sp³-hybridized carbons (Fsp3) is 0.789. The molecule has 156 valence electrons. The van der Waals surface area contributed by atoms with Gasteiger partial charge in [0.1, 0.15) is 0 Å². The third kappa shape index (κ3) is 3.12. The van der Waals surface area contributed by atoms with Crippen LogP contribution in [0.2, 0.25) is 0 Å². The van der Waals surface area contributed by atoms with Gasteiger partial charge in [-0.1, -0.05) is 0 Å². The fourth-order valence-corrected chi connectivity index (χ4v) is 5.76. The zero-order valence-corrected chi connectivity index (χ0v) is 16.0. The third-order valence-electron chi connectivity index (χ3n) is 6.78. The summed E-state index contributed by atoms with van der Waals surface area (Å²) in [6, 6.07) is -0.223. The van der Waals surface area contributed by atoms with Crippen molar-refractivity contribution in [3.05, 3.63) is 17.5 Å². The average molecular weight is 401 g/mol. The van der Waals surface area contributed by atoms with E-state index in [-0.39, 0.29) is 17.9 Å². The summed E-state index contributed by atoms with van der Waals surface area (Å²) in [6.07, 6.45) is -0.0863. The molecule has 6 nitrogen and oxygen atoms in total. The first-order chi connectivity index (χ1) is 12.9. The number of amides is 1.